The van der Waals surface area contributed by atoms with Gasteiger partial charge < -0.3 is 14.9 Å². The molecule has 0 bridgehead atoms. The minimum absolute atomic E-state index is 0.0485. The van der Waals surface area contributed by atoms with Crippen LogP contribution in [0.4, 0.5) is 0 Å². The molecule has 1 N–H and O–H groups in total. The zero-order chi connectivity index (χ0) is 16.3. The topological polar surface area (TPSA) is 77.9 Å². The van der Waals surface area contributed by atoms with E-state index in [4.69, 9.17) is 5.11 Å². The van der Waals surface area contributed by atoms with Crippen LogP contribution in [0.2, 0.25) is 0 Å². The van der Waals surface area contributed by atoms with Gasteiger partial charge in [-0.15, -0.1) is 0 Å². The van der Waals surface area contributed by atoms with E-state index in [9.17, 15) is 14.4 Å². The molecule has 2 aliphatic rings. The number of hydrogen-bond donors (Lipinski definition) is 1. The van der Waals surface area contributed by atoms with Gasteiger partial charge in [-0.2, -0.15) is 0 Å². The molecule has 0 aromatic rings. The predicted molar refractivity (Wildman–Crippen MR) is 81.2 cm³/mol. The number of carboxylic acid groups (broad SMARTS) is 1. The number of carbonyl (C=O) groups excluding carboxylic acids is 2. The average Bonchev–Trinajstić information content (AvgIpc) is 2.46. The lowest BCUT2D eigenvalue weighted by Crippen LogP contribution is -2.51. The Kier molecular flexibility index (Phi) is 5.08. The van der Waals surface area contributed by atoms with Gasteiger partial charge >= 0.3 is 5.97 Å². The first-order valence-electron chi connectivity index (χ1n) is 8.16. The Morgan fingerprint density at radius 1 is 1.27 bits per heavy atom. The maximum Gasteiger partial charge on any atom is 0.308 e. The molecule has 124 valence electrons. The summed E-state index contributed by atoms with van der Waals surface area (Å²) in [5, 5.41) is 9.08. The number of piperidine rings is 1. The molecule has 1 aliphatic carbocycles. The van der Waals surface area contributed by atoms with E-state index in [0.717, 1.165) is 25.7 Å². The van der Waals surface area contributed by atoms with Crippen LogP contribution < -0.4 is 0 Å². The van der Waals surface area contributed by atoms with Crippen molar-refractivity contribution in [2.45, 2.75) is 45.4 Å². The molecular weight excluding hydrogens is 284 g/mol. The highest BCUT2D eigenvalue weighted by Gasteiger charge is 2.44. The van der Waals surface area contributed by atoms with Gasteiger partial charge in [-0.25, -0.2) is 0 Å². The molecule has 1 heterocycles. The van der Waals surface area contributed by atoms with Crippen LogP contribution in [0.15, 0.2) is 0 Å². The standard InChI is InChI=1S/C16H26N2O4/c1-3-16(7-5-8-16)15(22)17(2)11-13(19)18-9-4-6-12(10-18)14(20)21/h12H,3-11H2,1-2H3,(H,20,21). The lowest BCUT2D eigenvalue weighted by atomic mass is 9.66. The van der Waals surface area contributed by atoms with Crippen molar-refractivity contribution in [3.63, 3.8) is 0 Å². The first kappa shape index (κ1) is 16.8. The Labute approximate surface area is 131 Å². The van der Waals surface area contributed by atoms with E-state index in [2.05, 4.69) is 0 Å². The fourth-order valence-electron chi connectivity index (χ4n) is 3.51. The highest BCUT2D eigenvalue weighted by molar-refractivity contribution is 5.88. The van der Waals surface area contributed by atoms with Crippen LogP contribution in [0.1, 0.15) is 45.4 Å². The molecule has 0 aromatic carbocycles. The number of likely N-dealkylation sites (tertiary alicyclic amines) is 1. The number of aliphatic carboxylic acids is 1. The number of rotatable bonds is 5. The van der Waals surface area contributed by atoms with Gasteiger partial charge in [0.2, 0.25) is 11.8 Å². The van der Waals surface area contributed by atoms with Gasteiger partial charge in [0.1, 0.15) is 0 Å². The van der Waals surface area contributed by atoms with E-state index in [-0.39, 0.29) is 30.3 Å². The first-order valence-corrected chi connectivity index (χ1v) is 8.16. The van der Waals surface area contributed by atoms with Crippen LogP contribution in [-0.2, 0) is 14.4 Å². The Morgan fingerprint density at radius 3 is 2.45 bits per heavy atom. The molecule has 0 spiro atoms. The van der Waals surface area contributed by atoms with Gasteiger partial charge in [-0.05, 0) is 32.1 Å². The second-order valence-electron chi connectivity index (χ2n) is 6.67. The molecule has 1 atom stereocenters. The minimum Gasteiger partial charge on any atom is -0.481 e. The summed E-state index contributed by atoms with van der Waals surface area (Å²) in [7, 11) is 1.68. The van der Waals surface area contributed by atoms with Crippen molar-refractivity contribution in [1.29, 1.82) is 0 Å². The summed E-state index contributed by atoms with van der Waals surface area (Å²) in [6, 6.07) is 0. The summed E-state index contributed by atoms with van der Waals surface area (Å²) in [4.78, 5) is 39.1. The van der Waals surface area contributed by atoms with Gasteiger partial charge in [0.25, 0.3) is 0 Å². The molecule has 6 nitrogen and oxygen atoms in total. The smallest absolute Gasteiger partial charge is 0.308 e. The van der Waals surface area contributed by atoms with Crippen LogP contribution in [0.3, 0.4) is 0 Å². The van der Waals surface area contributed by atoms with Crippen LogP contribution in [0.25, 0.3) is 0 Å². The normalized spacial score (nSPS) is 23.5. The van der Waals surface area contributed by atoms with E-state index in [1.165, 1.54) is 4.90 Å². The van der Waals surface area contributed by atoms with Crippen molar-refractivity contribution < 1.29 is 19.5 Å². The van der Waals surface area contributed by atoms with Crippen LogP contribution in [-0.4, -0.2) is 59.4 Å². The predicted octanol–water partition coefficient (Wildman–Crippen LogP) is 1.35. The fraction of sp³-hybridized carbons (Fsp3) is 0.812. The molecule has 6 heteroatoms. The summed E-state index contributed by atoms with van der Waals surface area (Å²) < 4.78 is 0. The number of nitrogens with zero attached hydrogens (tertiary/aromatic N) is 2. The SMILES string of the molecule is CCC1(C(=O)N(C)CC(=O)N2CCCC(C(=O)O)C2)CCC1. The van der Waals surface area contributed by atoms with E-state index >= 15 is 0 Å². The van der Waals surface area contributed by atoms with Crippen molar-refractivity contribution in [2.24, 2.45) is 11.3 Å². The number of carboxylic acids is 1. The second-order valence-corrected chi connectivity index (χ2v) is 6.67. The molecule has 2 fully saturated rings. The zero-order valence-corrected chi connectivity index (χ0v) is 13.5. The average molecular weight is 310 g/mol. The summed E-state index contributed by atoms with van der Waals surface area (Å²) >= 11 is 0. The third kappa shape index (κ3) is 3.25. The molecule has 1 unspecified atom stereocenters. The van der Waals surface area contributed by atoms with E-state index in [1.54, 1.807) is 11.9 Å². The molecular formula is C16H26N2O4. The molecule has 2 amide bonds. The maximum atomic E-state index is 12.5. The zero-order valence-electron chi connectivity index (χ0n) is 13.5. The molecule has 22 heavy (non-hydrogen) atoms. The molecule has 0 radical (unpaired) electrons. The summed E-state index contributed by atoms with van der Waals surface area (Å²) in [6.07, 6.45) is 5.03. The minimum atomic E-state index is -0.846. The summed E-state index contributed by atoms with van der Waals surface area (Å²) in [5.74, 6) is -1.41. The van der Waals surface area contributed by atoms with Gasteiger partial charge in [-0.3, -0.25) is 14.4 Å². The molecule has 1 saturated carbocycles. The van der Waals surface area contributed by atoms with Crippen molar-refractivity contribution in [3.8, 4) is 0 Å². The first-order chi connectivity index (χ1) is 10.4. The van der Waals surface area contributed by atoms with Gasteiger partial charge in [-0.1, -0.05) is 13.3 Å². The lowest BCUT2D eigenvalue weighted by molar-refractivity contribution is -0.152. The largest absolute Gasteiger partial charge is 0.481 e. The number of amides is 2. The van der Waals surface area contributed by atoms with Crippen LogP contribution in [0.5, 0.6) is 0 Å². The Bertz CT molecular complexity index is 454. The molecule has 1 aliphatic heterocycles. The molecule has 1 saturated heterocycles. The maximum absolute atomic E-state index is 12.5. The van der Waals surface area contributed by atoms with E-state index in [0.29, 0.717) is 19.4 Å². The third-order valence-electron chi connectivity index (χ3n) is 5.28. The van der Waals surface area contributed by atoms with Crippen molar-refractivity contribution in [1.82, 2.24) is 9.80 Å². The van der Waals surface area contributed by atoms with E-state index in [1.807, 2.05) is 6.92 Å². The fourth-order valence-corrected chi connectivity index (χ4v) is 3.51. The van der Waals surface area contributed by atoms with Gasteiger partial charge in [0.15, 0.2) is 0 Å². The van der Waals surface area contributed by atoms with Crippen molar-refractivity contribution >= 4 is 17.8 Å². The Balaban J connectivity index is 1.90. The lowest BCUT2D eigenvalue weighted by Gasteiger charge is -2.42. The number of carbonyl (C=O) groups is 3. The monoisotopic (exact) mass is 310 g/mol. The molecule has 2 rings (SSSR count). The summed E-state index contributed by atoms with van der Waals surface area (Å²) in [6.45, 7) is 2.92. The van der Waals surface area contributed by atoms with E-state index < -0.39 is 11.9 Å². The number of hydrogen-bond acceptors (Lipinski definition) is 3. The van der Waals surface area contributed by atoms with Gasteiger partial charge in [0, 0.05) is 25.6 Å². The Morgan fingerprint density at radius 2 is 1.95 bits per heavy atom. The summed E-state index contributed by atoms with van der Waals surface area (Å²) in [5.41, 5.74) is -0.263. The highest BCUT2D eigenvalue weighted by Crippen LogP contribution is 2.45. The van der Waals surface area contributed by atoms with Crippen molar-refractivity contribution in [2.75, 3.05) is 26.7 Å². The number of likely N-dealkylation sites (N-methyl/N-ethyl adjacent to an activating group) is 1. The quantitative estimate of drug-likeness (QED) is 0.831. The second kappa shape index (κ2) is 6.67. The molecule has 0 aromatic heterocycles. The van der Waals surface area contributed by atoms with Gasteiger partial charge in [0.05, 0.1) is 12.5 Å². The van der Waals surface area contributed by atoms with Crippen LogP contribution >= 0.6 is 0 Å². The Hall–Kier alpha value is -1.59. The van der Waals surface area contributed by atoms with Crippen molar-refractivity contribution in [3.05, 3.63) is 0 Å². The highest BCUT2D eigenvalue weighted by atomic mass is 16.4. The third-order valence-corrected chi connectivity index (χ3v) is 5.28. The van der Waals surface area contributed by atoms with Crippen LogP contribution in [0, 0.1) is 11.3 Å².